The van der Waals surface area contributed by atoms with Gasteiger partial charge in [-0.25, -0.2) is 0 Å². The fraction of sp³-hybridized carbons (Fsp3) is 0.182. The van der Waals surface area contributed by atoms with E-state index in [1.807, 2.05) is 0 Å². The number of carbonyl (C=O) groups excluding carboxylic acids is 3. The standard InChI is InChI=1S/C22H17Cl2N3O4S/c1-31-22(30)19-18(12-5-3-2-4-6-12)16(10-25)21(27-20(19)29)32-11-17(28)26-15-8-13(23)7-14(24)9-15/h2-9,18-19H,11H2,1H3,(H,26,28)(H,27,29)/t18-,19+/m1/s1. The van der Waals surface area contributed by atoms with Crippen LogP contribution in [0.4, 0.5) is 5.69 Å². The summed E-state index contributed by atoms with van der Waals surface area (Å²) in [5, 5.41) is 16.1. The van der Waals surface area contributed by atoms with Crippen LogP contribution in [-0.2, 0) is 19.1 Å². The fourth-order valence-corrected chi connectivity index (χ4v) is 4.68. The summed E-state index contributed by atoms with van der Waals surface area (Å²) in [7, 11) is 1.18. The van der Waals surface area contributed by atoms with Gasteiger partial charge in [0.2, 0.25) is 11.8 Å². The maximum Gasteiger partial charge on any atom is 0.319 e. The Morgan fingerprint density at radius 3 is 2.44 bits per heavy atom. The molecular weight excluding hydrogens is 473 g/mol. The van der Waals surface area contributed by atoms with Crippen LogP contribution < -0.4 is 10.6 Å². The Kier molecular flexibility index (Phi) is 7.80. The van der Waals surface area contributed by atoms with Crippen LogP contribution in [0.15, 0.2) is 59.1 Å². The molecule has 2 amide bonds. The number of thioether (sulfide) groups is 1. The molecule has 2 aromatic rings. The SMILES string of the molecule is COC(=O)[C@@H]1C(=O)NC(SCC(=O)Nc2cc(Cl)cc(Cl)c2)=C(C#N)[C@H]1c1ccccc1. The van der Waals surface area contributed by atoms with Gasteiger partial charge in [0.05, 0.1) is 29.5 Å². The van der Waals surface area contributed by atoms with Crippen LogP contribution in [0.3, 0.4) is 0 Å². The number of rotatable bonds is 6. The first-order valence-electron chi connectivity index (χ1n) is 9.30. The van der Waals surface area contributed by atoms with E-state index in [4.69, 9.17) is 27.9 Å². The zero-order valence-electron chi connectivity index (χ0n) is 16.7. The molecular formula is C22H17Cl2N3O4S. The Morgan fingerprint density at radius 1 is 1.19 bits per heavy atom. The van der Waals surface area contributed by atoms with Crippen molar-refractivity contribution in [3.05, 3.63) is 74.7 Å². The quantitative estimate of drug-likeness (QED) is 0.466. The second-order valence-electron chi connectivity index (χ2n) is 6.73. The van der Waals surface area contributed by atoms with Gasteiger partial charge in [0.25, 0.3) is 0 Å². The molecule has 0 spiro atoms. The molecule has 7 nitrogen and oxygen atoms in total. The van der Waals surface area contributed by atoms with Crippen molar-refractivity contribution in [1.82, 2.24) is 5.32 Å². The molecule has 1 aliphatic rings. The zero-order valence-corrected chi connectivity index (χ0v) is 19.1. The largest absolute Gasteiger partial charge is 0.468 e. The van der Waals surface area contributed by atoms with Crippen LogP contribution in [0.2, 0.25) is 10.0 Å². The van der Waals surface area contributed by atoms with E-state index in [2.05, 4.69) is 16.7 Å². The molecule has 2 atom stereocenters. The molecule has 32 heavy (non-hydrogen) atoms. The van der Waals surface area contributed by atoms with E-state index in [9.17, 15) is 19.6 Å². The highest BCUT2D eigenvalue weighted by Crippen LogP contribution is 2.40. The molecule has 0 bridgehead atoms. The van der Waals surface area contributed by atoms with Crippen LogP contribution >= 0.6 is 35.0 Å². The number of anilines is 1. The lowest BCUT2D eigenvalue weighted by Gasteiger charge is -2.30. The Hall–Kier alpha value is -2.99. The molecule has 0 saturated carbocycles. The average molecular weight is 490 g/mol. The summed E-state index contributed by atoms with van der Waals surface area (Å²) in [4.78, 5) is 37.5. The minimum Gasteiger partial charge on any atom is -0.468 e. The second kappa shape index (κ2) is 10.6. The third kappa shape index (κ3) is 5.43. The second-order valence-corrected chi connectivity index (χ2v) is 8.59. The van der Waals surface area contributed by atoms with Crippen molar-refractivity contribution in [2.75, 3.05) is 18.2 Å². The lowest BCUT2D eigenvalue weighted by atomic mass is 9.78. The van der Waals surface area contributed by atoms with Crippen molar-refractivity contribution >= 4 is 58.4 Å². The van der Waals surface area contributed by atoms with Crippen LogP contribution in [-0.4, -0.2) is 30.6 Å². The van der Waals surface area contributed by atoms with Crippen molar-refractivity contribution in [2.24, 2.45) is 5.92 Å². The number of hydrogen-bond donors (Lipinski definition) is 2. The first kappa shape index (κ1) is 23.7. The van der Waals surface area contributed by atoms with Gasteiger partial charge in [0.15, 0.2) is 0 Å². The van der Waals surface area contributed by atoms with Gasteiger partial charge in [0.1, 0.15) is 5.92 Å². The van der Waals surface area contributed by atoms with E-state index in [1.54, 1.807) is 42.5 Å². The summed E-state index contributed by atoms with van der Waals surface area (Å²) in [6.45, 7) is 0. The number of nitrogens with one attached hydrogen (secondary N) is 2. The van der Waals surface area contributed by atoms with Gasteiger partial charge in [-0.1, -0.05) is 65.3 Å². The Bertz CT molecular complexity index is 1110. The van der Waals surface area contributed by atoms with Crippen LogP contribution in [0, 0.1) is 17.2 Å². The van der Waals surface area contributed by atoms with Gasteiger partial charge < -0.3 is 15.4 Å². The summed E-state index contributed by atoms with van der Waals surface area (Å²) in [5.74, 6) is -3.89. The van der Waals surface area contributed by atoms with Crippen molar-refractivity contribution in [3.63, 3.8) is 0 Å². The smallest absolute Gasteiger partial charge is 0.319 e. The number of ether oxygens (including phenoxy) is 1. The summed E-state index contributed by atoms with van der Waals surface area (Å²) in [6, 6.07) is 15.5. The monoisotopic (exact) mass is 489 g/mol. The number of nitriles is 1. The molecule has 0 radical (unpaired) electrons. The van der Waals surface area contributed by atoms with Gasteiger partial charge in [0, 0.05) is 21.7 Å². The molecule has 1 heterocycles. The number of methoxy groups -OCH3 is 1. The highest BCUT2D eigenvalue weighted by Gasteiger charge is 2.44. The minimum absolute atomic E-state index is 0.102. The first-order valence-corrected chi connectivity index (χ1v) is 11.0. The molecule has 1 aliphatic heterocycles. The number of amides is 2. The highest BCUT2D eigenvalue weighted by molar-refractivity contribution is 8.03. The molecule has 2 aromatic carbocycles. The molecule has 164 valence electrons. The number of allylic oxidation sites excluding steroid dienone is 1. The summed E-state index contributed by atoms with van der Waals surface area (Å²) >= 11 is 12.9. The number of nitrogens with zero attached hydrogens (tertiary/aromatic N) is 1. The van der Waals surface area contributed by atoms with Crippen LogP contribution in [0.1, 0.15) is 11.5 Å². The van der Waals surface area contributed by atoms with Gasteiger partial charge in [-0.3, -0.25) is 14.4 Å². The van der Waals surface area contributed by atoms with Crippen LogP contribution in [0.5, 0.6) is 0 Å². The Balaban J connectivity index is 1.86. The van der Waals surface area contributed by atoms with Gasteiger partial charge in [-0.05, 0) is 23.8 Å². The van der Waals surface area contributed by atoms with E-state index < -0.39 is 29.6 Å². The normalized spacial score (nSPS) is 17.9. The van der Waals surface area contributed by atoms with Gasteiger partial charge >= 0.3 is 5.97 Å². The van der Waals surface area contributed by atoms with Crippen molar-refractivity contribution in [1.29, 1.82) is 5.26 Å². The molecule has 0 saturated heterocycles. The van der Waals surface area contributed by atoms with Gasteiger partial charge in [-0.15, -0.1) is 0 Å². The topological polar surface area (TPSA) is 108 Å². The number of halogens is 2. The fourth-order valence-electron chi connectivity index (χ4n) is 3.30. The van der Waals surface area contributed by atoms with E-state index >= 15 is 0 Å². The maximum atomic E-state index is 12.8. The summed E-state index contributed by atoms with van der Waals surface area (Å²) in [5.41, 5.74) is 1.21. The summed E-state index contributed by atoms with van der Waals surface area (Å²) in [6.07, 6.45) is 0. The third-order valence-corrected chi connectivity index (χ3v) is 6.09. The number of benzene rings is 2. The lowest BCUT2D eigenvalue weighted by molar-refractivity contribution is -0.150. The molecule has 0 aromatic heterocycles. The number of carbonyl (C=O) groups is 3. The van der Waals surface area contributed by atoms with Crippen LogP contribution in [0.25, 0.3) is 0 Å². The average Bonchev–Trinajstić information content (AvgIpc) is 2.76. The molecule has 0 fully saturated rings. The zero-order chi connectivity index (χ0) is 23.3. The Labute approximate surface area is 198 Å². The van der Waals surface area contributed by atoms with E-state index in [0.717, 1.165) is 11.8 Å². The van der Waals surface area contributed by atoms with Crippen molar-refractivity contribution < 1.29 is 19.1 Å². The van der Waals surface area contributed by atoms with E-state index in [1.165, 1.54) is 13.2 Å². The summed E-state index contributed by atoms with van der Waals surface area (Å²) < 4.78 is 4.80. The molecule has 2 N–H and O–H groups in total. The molecule has 0 unspecified atom stereocenters. The third-order valence-electron chi connectivity index (χ3n) is 4.64. The number of hydrogen-bond acceptors (Lipinski definition) is 6. The van der Waals surface area contributed by atoms with E-state index in [0.29, 0.717) is 21.3 Å². The highest BCUT2D eigenvalue weighted by atomic mass is 35.5. The molecule has 3 rings (SSSR count). The van der Waals surface area contributed by atoms with Crippen molar-refractivity contribution in [2.45, 2.75) is 5.92 Å². The van der Waals surface area contributed by atoms with E-state index in [-0.39, 0.29) is 16.4 Å². The van der Waals surface area contributed by atoms with Gasteiger partial charge in [-0.2, -0.15) is 5.26 Å². The Morgan fingerprint density at radius 2 is 1.84 bits per heavy atom. The predicted molar refractivity (Wildman–Crippen MR) is 123 cm³/mol. The minimum atomic E-state index is -1.22. The maximum absolute atomic E-state index is 12.8. The molecule has 0 aliphatic carbocycles. The predicted octanol–water partition coefficient (Wildman–Crippen LogP) is 4.10. The first-order chi connectivity index (χ1) is 15.3. The lowest BCUT2D eigenvalue weighted by Crippen LogP contribution is -2.44. The van der Waals surface area contributed by atoms with Crippen molar-refractivity contribution in [3.8, 4) is 6.07 Å². The molecule has 10 heteroatoms. The number of esters is 1.